The molecule has 0 aliphatic rings. The van der Waals surface area contributed by atoms with E-state index in [4.69, 9.17) is 0 Å². The molecular weight excluding hydrogens is 379 g/mol. The number of rotatable bonds is 5. The van der Waals surface area contributed by atoms with Crippen LogP contribution in [0.5, 0.6) is 0 Å². The fraction of sp³-hybridized carbons (Fsp3) is 0.278. The molecule has 27 heavy (non-hydrogen) atoms. The zero-order valence-corrected chi connectivity index (χ0v) is 15.5. The largest absolute Gasteiger partial charge is 0.416 e. The molecule has 0 atom stereocenters. The SMILES string of the molecule is CC(C)n1cc(S(=O)(=O)NCc2ccccc2C(F)(F)F)c2cccnc21. The van der Waals surface area contributed by atoms with E-state index >= 15 is 0 Å². The Morgan fingerprint density at radius 1 is 1.15 bits per heavy atom. The maximum absolute atomic E-state index is 13.1. The van der Waals surface area contributed by atoms with Crippen LogP contribution in [0.25, 0.3) is 11.0 Å². The Balaban J connectivity index is 1.97. The highest BCUT2D eigenvalue weighted by atomic mass is 32.2. The second-order valence-corrected chi connectivity index (χ2v) is 8.08. The van der Waals surface area contributed by atoms with E-state index in [-0.39, 0.29) is 16.5 Å². The summed E-state index contributed by atoms with van der Waals surface area (Å²) in [5.74, 6) is 0. The van der Waals surface area contributed by atoms with Gasteiger partial charge in [0.15, 0.2) is 0 Å². The molecule has 3 rings (SSSR count). The third-order valence-electron chi connectivity index (χ3n) is 4.17. The first-order valence-electron chi connectivity index (χ1n) is 8.21. The smallest absolute Gasteiger partial charge is 0.329 e. The third-order valence-corrected chi connectivity index (χ3v) is 5.60. The van der Waals surface area contributed by atoms with Gasteiger partial charge in [0.25, 0.3) is 0 Å². The summed E-state index contributed by atoms with van der Waals surface area (Å²) in [6.07, 6.45) is -1.54. The molecular formula is C18H18F3N3O2S. The molecule has 0 spiro atoms. The Morgan fingerprint density at radius 2 is 1.85 bits per heavy atom. The molecule has 1 N–H and O–H groups in total. The van der Waals surface area contributed by atoms with Crippen molar-refractivity contribution < 1.29 is 21.6 Å². The lowest BCUT2D eigenvalue weighted by Crippen LogP contribution is -2.24. The summed E-state index contributed by atoms with van der Waals surface area (Å²) in [5.41, 5.74) is -0.498. The number of nitrogens with zero attached hydrogens (tertiary/aromatic N) is 2. The molecule has 0 saturated carbocycles. The predicted octanol–water partition coefficient (Wildman–Crippen LogP) is 4.11. The standard InChI is InChI=1S/C18H18F3N3O2S/c1-12(2)24-11-16(14-7-5-9-22-17(14)24)27(25,26)23-10-13-6-3-4-8-15(13)18(19,20)21/h3-9,11-12,23H,10H2,1-2H3. The van der Waals surface area contributed by atoms with E-state index in [0.717, 1.165) is 6.07 Å². The predicted molar refractivity (Wildman–Crippen MR) is 95.6 cm³/mol. The van der Waals surface area contributed by atoms with Gasteiger partial charge in [-0.3, -0.25) is 0 Å². The van der Waals surface area contributed by atoms with Crippen LogP contribution in [0.15, 0.2) is 53.7 Å². The number of fused-ring (bicyclic) bond motifs is 1. The molecule has 0 radical (unpaired) electrons. The number of sulfonamides is 1. The van der Waals surface area contributed by atoms with E-state index in [1.54, 1.807) is 22.9 Å². The van der Waals surface area contributed by atoms with Gasteiger partial charge in [-0.1, -0.05) is 18.2 Å². The highest BCUT2D eigenvalue weighted by Crippen LogP contribution is 2.32. The lowest BCUT2D eigenvalue weighted by Gasteiger charge is -2.13. The van der Waals surface area contributed by atoms with Gasteiger partial charge in [0.05, 0.1) is 5.56 Å². The Kier molecular flexibility index (Phi) is 5.00. The number of pyridine rings is 1. The first-order valence-corrected chi connectivity index (χ1v) is 9.70. The van der Waals surface area contributed by atoms with Crippen molar-refractivity contribution in [3.05, 3.63) is 59.9 Å². The van der Waals surface area contributed by atoms with Crippen molar-refractivity contribution in [2.45, 2.75) is 37.5 Å². The highest BCUT2D eigenvalue weighted by Gasteiger charge is 2.33. The number of aromatic nitrogens is 2. The maximum Gasteiger partial charge on any atom is 0.416 e. The summed E-state index contributed by atoms with van der Waals surface area (Å²) >= 11 is 0. The Labute approximate surface area is 154 Å². The highest BCUT2D eigenvalue weighted by molar-refractivity contribution is 7.89. The van der Waals surface area contributed by atoms with E-state index < -0.39 is 28.3 Å². The minimum absolute atomic E-state index is 0.0104. The number of alkyl halides is 3. The van der Waals surface area contributed by atoms with Gasteiger partial charge in [-0.25, -0.2) is 18.1 Å². The van der Waals surface area contributed by atoms with Crippen LogP contribution < -0.4 is 4.72 Å². The van der Waals surface area contributed by atoms with Crippen molar-refractivity contribution in [2.75, 3.05) is 0 Å². The van der Waals surface area contributed by atoms with Crippen LogP contribution in [0.1, 0.15) is 31.0 Å². The van der Waals surface area contributed by atoms with Gasteiger partial charge >= 0.3 is 6.18 Å². The summed E-state index contributed by atoms with van der Waals surface area (Å²) < 4.78 is 68.9. The fourth-order valence-electron chi connectivity index (χ4n) is 2.86. The second-order valence-electron chi connectivity index (χ2n) is 6.35. The average Bonchev–Trinajstić information content (AvgIpc) is 3.00. The number of nitrogens with one attached hydrogen (secondary N) is 1. The van der Waals surface area contributed by atoms with Crippen LogP contribution >= 0.6 is 0 Å². The van der Waals surface area contributed by atoms with Crippen molar-refractivity contribution in [2.24, 2.45) is 0 Å². The van der Waals surface area contributed by atoms with Crippen LogP contribution in [0.2, 0.25) is 0 Å². The number of benzene rings is 1. The number of halogens is 3. The van der Waals surface area contributed by atoms with Crippen molar-refractivity contribution in [1.82, 2.24) is 14.3 Å². The molecule has 3 aromatic rings. The second kappa shape index (κ2) is 6.97. The number of hydrogen-bond donors (Lipinski definition) is 1. The minimum atomic E-state index is -4.56. The molecule has 9 heteroatoms. The molecule has 0 fully saturated rings. The van der Waals surface area contributed by atoms with E-state index in [1.807, 2.05) is 13.8 Å². The van der Waals surface area contributed by atoms with Gasteiger partial charge in [-0.2, -0.15) is 13.2 Å². The van der Waals surface area contributed by atoms with Crippen molar-refractivity contribution in [3.63, 3.8) is 0 Å². The Hall–Kier alpha value is -2.39. The van der Waals surface area contributed by atoms with Crippen LogP contribution in [-0.2, 0) is 22.7 Å². The maximum atomic E-state index is 13.1. The fourth-order valence-corrected chi connectivity index (χ4v) is 4.06. The molecule has 0 saturated heterocycles. The van der Waals surface area contributed by atoms with Crippen LogP contribution in [0.3, 0.4) is 0 Å². The van der Waals surface area contributed by atoms with E-state index in [2.05, 4.69) is 9.71 Å². The molecule has 0 aliphatic carbocycles. The molecule has 0 amide bonds. The lowest BCUT2D eigenvalue weighted by molar-refractivity contribution is -0.138. The van der Waals surface area contributed by atoms with Crippen LogP contribution in [0, 0.1) is 0 Å². The average molecular weight is 397 g/mol. The normalized spacial score (nSPS) is 12.8. The van der Waals surface area contributed by atoms with Gasteiger partial charge < -0.3 is 4.57 Å². The summed E-state index contributed by atoms with van der Waals surface area (Å²) in [6, 6.07) is 8.10. The minimum Gasteiger partial charge on any atom is -0.329 e. The lowest BCUT2D eigenvalue weighted by atomic mass is 10.1. The van der Waals surface area contributed by atoms with Crippen molar-refractivity contribution in [3.8, 4) is 0 Å². The molecule has 2 heterocycles. The van der Waals surface area contributed by atoms with Crippen molar-refractivity contribution in [1.29, 1.82) is 0 Å². The van der Waals surface area contributed by atoms with Gasteiger partial charge in [0.1, 0.15) is 10.5 Å². The third kappa shape index (κ3) is 3.84. The van der Waals surface area contributed by atoms with E-state index in [0.29, 0.717) is 11.0 Å². The quantitative estimate of drug-likeness (QED) is 0.705. The first kappa shape index (κ1) is 19.4. The van der Waals surface area contributed by atoms with Crippen molar-refractivity contribution >= 4 is 21.1 Å². The zero-order chi connectivity index (χ0) is 19.8. The molecule has 2 aromatic heterocycles. The van der Waals surface area contributed by atoms with E-state index in [1.165, 1.54) is 24.4 Å². The molecule has 0 unspecified atom stereocenters. The molecule has 1 aromatic carbocycles. The summed E-state index contributed by atoms with van der Waals surface area (Å²) in [4.78, 5) is 4.21. The van der Waals surface area contributed by atoms with Crippen LogP contribution in [-0.4, -0.2) is 18.0 Å². The first-order chi connectivity index (χ1) is 12.6. The van der Waals surface area contributed by atoms with Gasteiger partial charge in [-0.05, 0) is 37.6 Å². The van der Waals surface area contributed by atoms with Gasteiger partial charge in [-0.15, -0.1) is 0 Å². The Bertz CT molecular complexity index is 1070. The topological polar surface area (TPSA) is 64.0 Å². The molecule has 0 aliphatic heterocycles. The molecule has 144 valence electrons. The zero-order valence-electron chi connectivity index (χ0n) is 14.7. The molecule has 0 bridgehead atoms. The summed E-state index contributed by atoms with van der Waals surface area (Å²) in [5, 5.41) is 0.419. The van der Waals surface area contributed by atoms with Crippen LogP contribution in [0.4, 0.5) is 13.2 Å². The number of hydrogen-bond acceptors (Lipinski definition) is 3. The van der Waals surface area contributed by atoms with Gasteiger partial charge in [0.2, 0.25) is 10.0 Å². The molecule has 5 nitrogen and oxygen atoms in total. The summed E-state index contributed by atoms with van der Waals surface area (Å²) in [7, 11) is -4.04. The summed E-state index contributed by atoms with van der Waals surface area (Å²) in [6.45, 7) is 3.31. The van der Waals surface area contributed by atoms with Gasteiger partial charge in [0, 0.05) is 30.4 Å². The Morgan fingerprint density at radius 3 is 2.52 bits per heavy atom. The monoisotopic (exact) mass is 397 g/mol. The van der Waals surface area contributed by atoms with E-state index in [9.17, 15) is 21.6 Å².